The Bertz CT molecular complexity index is 392. The summed E-state index contributed by atoms with van der Waals surface area (Å²) < 4.78 is 37.2. The van der Waals surface area contributed by atoms with E-state index in [0.717, 1.165) is 18.2 Å². The highest BCUT2D eigenvalue weighted by Crippen LogP contribution is 2.36. The number of nitro benzene ring substituents is 1. The van der Waals surface area contributed by atoms with E-state index in [1.54, 1.807) is 0 Å². The van der Waals surface area contributed by atoms with E-state index in [1.807, 2.05) is 0 Å². The molecule has 0 bridgehead atoms. The molecule has 7 heteroatoms. The summed E-state index contributed by atoms with van der Waals surface area (Å²) in [5.74, 6) is -0.550. The molecule has 0 unspecified atom stereocenters. The fraction of sp³-hybridized carbons (Fsp3) is 0.250. The van der Waals surface area contributed by atoms with Crippen LogP contribution in [0.4, 0.5) is 18.9 Å². The Kier molecular flexibility index (Phi) is 3.18. The van der Waals surface area contributed by atoms with Crippen molar-refractivity contribution in [2.45, 2.75) is 12.1 Å². The van der Waals surface area contributed by atoms with Crippen molar-refractivity contribution in [3.63, 3.8) is 0 Å². The molecule has 15 heavy (non-hydrogen) atoms. The van der Waals surface area contributed by atoms with Crippen LogP contribution in [0.3, 0.4) is 0 Å². The fourth-order valence-electron chi connectivity index (χ4n) is 1.15. The van der Waals surface area contributed by atoms with E-state index in [9.17, 15) is 23.3 Å². The number of alkyl halides is 4. The van der Waals surface area contributed by atoms with Crippen LogP contribution >= 0.6 is 11.6 Å². The third-order valence-electron chi connectivity index (χ3n) is 1.79. The van der Waals surface area contributed by atoms with Crippen LogP contribution in [0.25, 0.3) is 0 Å². The van der Waals surface area contributed by atoms with Gasteiger partial charge in [0.25, 0.3) is 5.69 Å². The lowest BCUT2D eigenvalue weighted by molar-refractivity contribution is -0.385. The molecule has 1 rings (SSSR count). The molecule has 0 amide bonds. The molecule has 0 aliphatic rings. The Morgan fingerprint density at radius 2 is 2.00 bits per heavy atom. The van der Waals surface area contributed by atoms with Crippen molar-refractivity contribution in [2.75, 3.05) is 0 Å². The molecule has 82 valence electrons. The first-order chi connectivity index (χ1) is 6.88. The quantitative estimate of drug-likeness (QED) is 0.451. The minimum absolute atomic E-state index is 0.503. The molecular formula is C8H5ClF3NO2. The number of benzene rings is 1. The molecule has 1 aromatic rings. The van der Waals surface area contributed by atoms with Gasteiger partial charge in [-0.25, -0.2) is 0 Å². The van der Waals surface area contributed by atoms with Gasteiger partial charge in [0.2, 0.25) is 0 Å². The predicted octanol–water partition coefficient (Wildman–Crippen LogP) is 3.35. The lowest BCUT2D eigenvalue weighted by Crippen LogP contribution is -2.10. The molecule has 0 radical (unpaired) electrons. The third-order valence-corrected chi connectivity index (χ3v) is 2.05. The van der Waals surface area contributed by atoms with Crippen molar-refractivity contribution < 1.29 is 18.1 Å². The number of hydrogen-bond donors (Lipinski definition) is 0. The van der Waals surface area contributed by atoms with Gasteiger partial charge in [0.1, 0.15) is 0 Å². The first kappa shape index (κ1) is 11.8. The van der Waals surface area contributed by atoms with Crippen molar-refractivity contribution in [3.05, 3.63) is 39.4 Å². The molecule has 0 aliphatic carbocycles. The molecule has 0 aromatic heterocycles. The Morgan fingerprint density at radius 1 is 1.40 bits per heavy atom. The number of nitrogens with zero attached hydrogens (tertiary/aromatic N) is 1. The maximum atomic E-state index is 12.4. The number of rotatable bonds is 2. The molecule has 0 atom stereocenters. The monoisotopic (exact) mass is 239 g/mol. The molecule has 3 nitrogen and oxygen atoms in total. The summed E-state index contributed by atoms with van der Waals surface area (Å²) in [7, 11) is 0. The zero-order valence-electron chi connectivity index (χ0n) is 7.21. The number of nitro groups is 1. The Labute approximate surface area is 87.6 Å². The van der Waals surface area contributed by atoms with Crippen molar-refractivity contribution >= 4 is 17.3 Å². The van der Waals surface area contributed by atoms with Crippen LogP contribution in [0.1, 0.15) is 11.1 Å². The predicted molar refractivity (Wildman–Crippen MR) is 47.7 cm³/mol. The van der Waals surface area contributed by atoms with E-state index in [2.05, 4.69) is 0 Å². The van der Waals surface area contributed by atoms with Gasteiger partial charge >= 0.3 is 6.18 Å². The standard InChI is InChI=1S/C8H5ClF3NO2/c9-4-5-6(8(10,11)12)2-1-3-7(5)13(14)15/h1-3H,4H2. The smallest absolute Gasteiger partial charge is 0.258 e. The number of hydrogen-bond acceptors (Lipinski definition) is 2. The summed E-state index contributed by atoms with van der Waals surface area (Å²) in [6.07, 6.45) is -4.63. The van der Waals surface area contributed by atoms with Crippen LogP contribution in [-0.4, -0.2) is 4.92 Å². The molecule has 0 fully saturated rings. The molecule has 0 spiro atoms. The summed E-state index contributed by atoms with van der Waals surface area (Å²) in [4.78, 5) is 9.56. The molecule has 0 aliphatic heterocycles. The third kappa shape index (κ3) is 2.38. The summed E-state index contributed by atoms with van der Waals surface area (Å²) in [5, 5.41) is 10.4. The summed E-state index contributed by atoms with van der Waals surface area (Å²) >= 11 is 5.28. The van der Waals surface area contributed by atoms with Crippen molar-refractivity contribution in [1.82, 2.24) is 0 Å². The van der Waals surface area contributed by atoms with Crippen LogP contribution in [0, 0.1) is 10.1 Å². The highest BCUT2D eigenvalue weighted by Gasteiger charge is 2.35. The second-order valence-electron chi connectivity index (χ2n) is 2.69. The van der Waals surface area contributed by atoms with E-state index in [0.29, 0.717) is 0 Å². The average molecular weight is 240 g/mol. The van der Waals surface area contributed by atoms with Gasteiger partial charge in [-0.05, 0) is 6.07 Å². The highest BCUT2D eigenvalue weighted by atomic mass is 35.5. The first-order valence-corrected chi connectivity index (χ1v) is 4.31. The van der Waals surface area contributed by atoms with Gasteiger partial charge in [-0.2, -0.15) is 13.2 Å². The largest absolute Gasteiger partial charge is 0.416 e. The van der Waals surface area contributed by atoms with Gasteiger partial charge in [0.05, 0.1) is 21.9 Å². The SMILES string of the molecule is O=[N+]([O-])c1cccc(C(F)(F)F)c1CCl. The maximum Gasteiger partial charge on any atom is 0.416 e. The second kappa shape index (κ2) is 4.06. The topological polar surface area (TPSA) is 43.1 Å². The van der Waals surface area contributed by atoms with Crippen molar-refractivity contribution in [3.8, 4) is 0 Å². The fourth-order valence-corrected chi connectivity index (χ4v) is 1.43. The second-order valence-corrected chi connectivity index (χ2v) is 2.96. The summed E-state index contributed by atoms with van der Waals surface area (Å²) in [6.45, 7) is 0. The minimum atomic E-state index is -4.63. The van der Waals surface area contributed by atoms with Crippen LogP contribution in [-0.2, 0) is 12.1 Å². The van der Waals surface area contributed by atoms with Crippen molar-refractivity contribution in [2.24, 2.45) is 0 Å². The Balaban J connectivity index is 3.42. The van der Waals surface area contributed by atoms with Gasteiger partial charge in [-0.15, -0.1) is 11.6 Å². The number of halogens is 4. The van der Waals surface area contributed by atoms with Crippen LogP contribution in [0.15, 0.2) is 18.2 Å². The van der Waals surface area contributed by atoms with E-state index >= 15 is 0 Å². The van der Waals surface area contributed by atoms with Gasteiger partial charge in [-0.1, -0.05) is 6.07 Å². The lowest BCUT2D eigenvalue weighted by atomic mass is 10.1. The zero-order chi connectivity index (χ0) is 11.6. The molecule has 0 heterocycles. The summed E-state index contributed by atoms with van der Waals surface area (Å²) in [5.41, 5.74) is -2.18. The highest BCUT2D eigenvalue weighted by molar-refractivity contribution is 6.17. The minimum Gasteiger partial charge on any atom is -0.258 e. The first-order valence-electron chi connectivity index (χ1n) is 3.77. The normalized spacial score (nSPS) is 11.5. The molecule has 0 saturated heterocycles. The lowest BCUT2D eigenvalue weighted by Gasteiger charge is -2.10. The van der Waals surface area contributed by atoms with Gasteiger partial charge in [0, 0.05) is 6.07 Å². The molecular weight excluding hydrogens is 235 g/mol. The Hall–Kier alpha value is -1.30. The van der Waals surface area contributed by atoms with Crippen LogP contribution in [0.2, 0.25) is 0 Å². The zero-order valence-corrected chi connectivity index (χ0v) is 7.97. The maximum absolute atomic E-state index is 12.4. The van der Waals surface area contributed by atoms with Crippen molar-refractivity contribution in [1.29, 1.82) is 0 Å². The van der Waals surface area contributed by atoms with Crippen LogP contribution in [0.5, 0.6) is 0 Å². The average Bonchev–Trinajstić information content (AvgIpc) is 2.15. The van der Waals surface area contributed by atoms with Gasteiger partial charge < -0.3 is 0 Å². The molecule has 1 aromatic carbocycles. The van der Waals surface area contributed by atoms with E-state index < -0.39 is 33.8 Å². The van der Waals surface area contributed by atoms with E-state index in [1.165, 1.54) is 0 Å². The van der Waals surface area contributed by atoms with E-state index in [4.69, 9.17) is 11.6 Å². The Morgan fingerprint density at radius 3 is 2.40 bits per heavy atom. The molecule has 0 saturated carbocycles. The summed E-state index contributed by atoms with van der Waals surface area (Å²) in [6, 6.07) is 2.74. The van der Waals surface area contributed by atoms with Gasteiger partial charge in [0.15, 0.2) is 0 Å². The van der Waals surface area contributed by atoms with E-state index in [-0.39, 0.29) is 0 Å². The van der Waals surface area contributed by atoms with Gasteiger partial charge in [-0.3, -0.25) is 10.1 Å². The van der Waals surface area contributed by atoms with Crippen LogP contribution < -0.4 is 0 Å². The molecule has 0 N–H and O–H groups in total.